The number of H-pyrrole nitrogens is 1. The van der Waals surface area contributed by atoms with Crippen molar-refractivity contribution in [3.63, 3.8) is 0 Å². The number of halogens is 1. The van der Waals surface area contributed by atoms with E-state index in [9.17, 15) is 9.59 Å². The molecule has 3 amide bonds. The fraction of sp³-hybridized carbons (Fsp3) is 0.300. The molecule has 1 aliphatic heterocycles. The van der Waals surface area contributed by atoms with Crippen LogP contribution in [-0.4, -0.2) is 44.4 Å². The monoisotopic (exact) mass is 413 g/mol. The smallest absolute Gasteiger partial charge is 0.324 e. The first-order valence-electron chi connectivity index (χ1n) is 9.32. The topological polar surface area (TPSA) is 104 Å². The Kier molecular flexibility index (Phi) is 5.10. The minimum atomic E-state index is -0.479. The van der Waals surface area contributed by atoms with Crippen molar-refractivity contribution in [2.45, 2.75) is 32.7 Å². The Morgan fingerprint density at radius 2 is 2.00 bits per heavy atom. The molecule has 1 fully saturated rings. The zero-order valence-electron chi connectivity index (χ0n) is 16.0. The number of amides is 3. The zero-order chi connectivity index (χ0) is 20.5. The second-order valence-corrected chi connectivity index (χ2v) is 7.38. The molecule has 3 heterocycles. The Morgan fingerprint density at radius 3 is 2.62 bits per heavy atom. The summed E-state index contributed by atoms with van der Waals surface area (Å²) in [7, 11) is 0. The van der Waals surface area contributed by atoms with Crippen LogP contribution in [0, 0.1) is 6.92 Å². The van der Waals surface area contributed by atoms with Gasteiger partial charge in [-0.15, -0.1) is 0 Å². The average molecular weight is 414 g/mol. The van der Waals surface area contributed by atoms with E-state index in [-0.39, 0.29) is 11.9 Å². The lowest BCUT2D eigenvalue weighted by atomic mass is 10.1. The molecule has 1 aliphatic rings. The predicted molar refractivity (Wildman–Crippen MR) is 107 cm³/mol. The number of aromatic nitrogens is 3. The first-order valence-corrected chi connectivity index (χ1v) is 9.69. The zero-order valence-corrected chi connectivity index (χ0v) is 16.8. The lowest BCUT2D eigenvalue weighted by molar-refractivity contribution is -0.127. The molecule has 8 nitrogen and oxygen atoms in total. The number of aryl methyl sites for hydroxylation is 2. The third-order valence-electron chi connectivity index (χ3n) is 4.76. The van der Waals surface area contributed by atoms with Crippen molar-refractivity contribution in [1.29, 1.82) is 0 Å². The molecule has 0 aliphatic carbocycles. The quantitative estimate of drug-likeness (QED) is 0.601. The first kappa shape index (κ1) is 19.2. The molecule has 0 saturated carbocycles. The highest BCUT2D eigenvalue weighted by atomic mass is 35.5. The minimum Gasteiger partial charge on any atom is -0.439 e. The molecular weight excluding hydrogens is 394 g/mol. The number of aromatic amines is 1. The molecule has 9 heteroatoms. The SMILES string of the molecule is Cc1ncc(-c2nc(-c3ccc(Cl)cc3)c(CCCN3C(=O)NC(C)C3=O)o2)[nH]1. The summed E-state index contributed by atoms with van der Waals surface area (Å²) in [6, 6.07) is 6.52. The second-order valence-electron chi connectivity index (χ2n) is 6.94. The summed E-state index contributed by atoms with van der Waals surface area (Å²) >= 11 is 6.01. The minimum absolute atomic E-state index is 0.209. The van der Waals surface area contributed by atoms with Crippen LogP contribution in [0.1, 0.15) is 24.9 Å². The van der Waals surface area contributed by atoms with Crippen molar-refractivity contribution in [1.82, 2.24) is 25.2 Å². The molecule has 1 aromatic carbocycles. The van der Waals surface area contributed by atoms with Gasteiger partial charge in [-0.25, -0.2) is 14.8 Å². The van der Waals surface area contributed by atoms with Gasteiger partial charge in [-0.2, -0.15) is 0 Å². The number of benzene rings is 1. The lowest BCUT2D eigenvalue weighted by Gasteiger charge is -2.11. The van der Waals surface area contributed by atoms with Gasteiger partial charge in [-0.05, 0) is 32.4 Å². The molecule has 2 N–H and O–H groups in total. The number of imidazole rings is 1. The molecule has 3 aromatic rings. The van der Waals surface area contributed by atoms with Crippen molar-refractivity contribution in [2.24, 2.45) is 0 Å². The van der Waals surface area contributed by atoms with Crippen LogP contribution in [0.2, 0.25) is 5.02 Å². The molecule has 150 valence electrons. The first-order chi connectivity index (χ1) is 13.9. The standard InChI is InChI=1S/C20H20ClN5O3/c1-11-19(27)26(20(28)23-11)9-3-4-16-17(13-5-7-14(21)8-6-13)25-18(29-16)15-10-22-12(2)24-15/h5-8,10-11H,3-4,9H2,1-2H3,(H,22,24)(H,23,28). The second kappa shape index (κ2) is 7.71. The number of hydrogen-bond acceptors (Lipinski definition) is 5. The van der Waals surface area contributed by atoms with E-state index in [0.717, 1.165) is 11.4 Å². The highest BCUT2D eigenvalue weighted by Gasteiger charge is 2.34. The summed E-state index contributed by atoms with van der Waals surface area (Å²) in [6.45, 7) is 3.84. The molecule has 0 spiro atoms. The van der Waals surface area contributed by atoms with Crippen molar-refractivity contribution >= 4 is 23.5 Å². The van der Waals surface area contributed by atoms with Crippen LogP contribution in [0.3, 0.4) is 0 Å². The van der Waals surface area contributed by atoms with Gasteiger partial charge in [0.1, 0.15) is 29.0 Å². The van der Waals surface area contributed by atoms with Crippen LogP contribution in [-0.2, 0) is 11.2 Å². The van der Waals surface area contributed by atoms with Gasteiger partial charge in [0.25, 0.3) is 5.91 Å². The number of imide groups is 1. The Bertz CT molecular complexity index is 1060. The number of carbonyl (C=O) groups is 2. The van der Waals surface area contributed by atoms with Gasteiger partial charge in [-0.3, -0.25) is 9.69 Å². The molecule has 0 bridgehead atoms. The van der Waals surface area contributed by atoms with Crippen LogP contribution in [0.15, 0.2) is 34.9 Å². The number of rotatable bonds is 6. The van der Waals surface area contributed by atoms with E-state index in [1.807, 2.05) is 19.1 Å². The summed E-state index contributed by atoms with van der Waals surface area (Å²) in [5.41, 5.74) is 2.26. The van der Waals surface area contributed by atoms with E-state index in [1.54, 1.807) is 25.3 Å². The maximum atomic E-state index is 12.1. The molecule has 0 radical (unpaired) electrons. The summed E-state index contributed by atoms with van der Waals surface area (Å²) in [6.07, 6.45) is 2.75. The maximum absolute atomic E-state index is 12.1. The van der Waals surface area contributed by atoms with Gasteiger partial charge in [0, 0.05) is 23.6 Å². The van der Waals surface area contributed by atoms with Crippen LogP contribution in [0.25, 0.3) is 22.8 Å². The number of oxazole rings is 1. The Morgan fingerprint density at radius 1 is 1.24 bits per heavy atom. The van der Waals surface area contributed by atoms with Crippen LogP contribution >= 0.6 is 11.6 Å². The molecule has 4 rings (SSSR count). The highest BCUT2D eigenvalue weighted by Crippen LogP contribution is 2.30. The van der Waals surface area contributed by atoms with E-state index in [2.05, 4.69) is 20.3 Å². The molecule has 1 atom stereocenters. The van der Waals surface area contributed by atoms with Crippen LogP contribution in [0.5, 0.6) is 0 Å². The van der Waals surface area contributed by atoms with E-state index in [1.165, 1.54) is 4.90 Å². The number of hydrogen-bond donors (Lipinski definition) is 2. The van der Waals surface area contributed by atoms with Gasteiger partial charge in [0.05, 0.1) is 6.20 Å². The van der Waals surface area contributed by atoms with Gasteiger partial charge in [0.15, 0.2) is 0 Å². The Hall–Kier alpha value is -3.13. The van der Waals surface area contributed by atoms with E-state index < -0.39 is 6.04 Å². The fourth-order valence-corrected chi connectivity index (χ4v) is 3.39. The summed E-state index contributed by atoms with van der Waals surface area (Å²) < 4.78 is 6.02. The third kappa shape index (κ3) is 3.88. The molecule has 1 unspecified atom stereocenters. The molecular formula is C20H20ClN5O3. The summed E-state index contributed by atoms with van der Waals surface area (Å²) in [5, 5.41) is 3.25. The van der Waals surface area contributed by atoms with Gasteiger partial charge in [-0.1, -0.05) is 23.7 Å². The average Bonchev–Trinajstić information content (AvgIpc) is 3.37. The summed E-state index contributed by atoms with van der Waals surface area (Å²) in [5.74, 6) is 1.67. The largest absolute Gasteiger partial charge is 0.439 e. The van der Waals surface area contributed by atoms with Crippen LogP contribution < -0.4 is 5.32 Å². The van der Waals surface area contributed by atoms with Crippen molar-refractivity contribution < 1.29 is 14.0 Å². The molecule has 29 heavy (non-hydrogen) atoms. The predicted octanol–water partition coefficient (Wildman–Crippen LogP) is 3.57. The van der Waals surface area contributed by atoms with Crippen LogP contribution in [0.4, 0.5) is 4.79 Å². The van der Waals surface area contributed by atoms with E-state index in [4.69, 9.17) is 16.0 Å². The number of carbonyl (C=O) groups excluding carboxylic acids is 2. The maximum Gasteiger partial charge on any atom is 0.324 e. The summed E-state index contributed by atoms with van der Waals surface area (Å²) in [4.78, 5) is 37.1. The molecule has 2 aromatic heterocycles. The van der Waals surface area contributed by atoms with Crippen molar-refractivity contribution in [3.05, 3.63) is 47.1 Å². The van der Waals surface area contributed by atoms with E-state index in [0.29, 0.717) is 47.4 Å². The molecule has 1 saturated heterocycles. The van der Waals surface area contributed by atoms with Gasteiger partial charge in [0.2, 0.25) is 5.89 Å². The van der Waals surface area contributed by atoms with Gasteiger partial charge >= 0.3 is 6.03 Å². The number of urea groups is 1. The third-order valence-corrected chi connectivity index (χ3v) is 5.01. The number of nitrogens with zero attached hydrogens (tertiary/aromatic N) is 3. The Labute approximate surface area is 172 Å². The van der Waals surface area contributed by atoms with Crippen molar-refractivity contribution in [2.75, 3.05) is 6.54 Å². The fourth-order valence-electron chi connectivity index (χ4n) is 3.27. The lowest BCUT2D eigenvalue weighted by Crippen LogP contribution is -2.32. The van der Waals surface area contributed by atoms with Gasteiger partial charge < -0.3 is 14.7 Å². The normalized spacial score (nSPS) is 16.5. The van der Waals surface area contributed by atoms with Crippen molar-refractivity contribution in [3.8, 4) is 22.8 Å². The van der Waals surface area contributed by atoms with E-state index >= 15 is 0 Å². The number of nitrogens with one attached hydrogen (secondary N) is 2. The highest BCUT2D eigenvalue weighted by molar-refractivity contribution is 6.30. The Balaban J connectivity index is 1.57.